The number of rotatable bonds is 3. The van der Waals surface area contributed by atoms with E-state index in [-0.39, 0.29) is 5.56 Å². The molecule has 3 rings (SSSR count). The molecule has 0 amide bonds. The van der Waals surface area contributed by atoms with Gasteiger partial charge in [-0.05, 0) is 80.4 Å². The zero-order chi connectivity index (χ0) is 18.9. The number of benzene rings is 1. The van der Waals surface area contributed by atoms with Crippen LogP contribution in [0.4, 0.5) is 22.0 Å². The molecule has 0 spiro atoms. The molecule has 0 aromatic heterocycles. The van der Waals surface area contributed by atoms with Gasteiger partial charge >= 0.3 is 6.18 Å². The Hall–Kier alpha value is -1.65. The Balaban J connectivity index is 1.75. The first-order valence-corrected chi connectivity index (χ1v) is 9.18. The molecule has 5 heteroatoms. The molecule has 1 atom stereocenters. The molecule has 2 aliphatic rings. The van der Waals surface area contributed by atoms with E-state index in [1.807, 2.05) is 12.2 Å². The summed E-state index contributed by atoms with van der Waals surface area (Å²) in [6.07, 6.45) is 5.53. The molecule has 0 heterocycles. The predicted octanol–water partition coefficient (Wildman–Crippen LogP) is 7.16. The van der Waals surface area contributed by atoms with Crippen molar-refractivity contribution in [3.8, 4) is 0 Å². The van der Waals surface area contributed by atoms with Gasteiger partial charge in [0.05, 0.1) is 0 Å². The lowest BCUT2D eigenvalue weighted by atomic mass is 9.71. The molecule has 1 saturated carbocycles. The Morgan fingerprint density at radius 3 is 2.19 bits per heavy atom. The molecule has 0 bridgehead atoms. The number of hydrogen-bond acceptors (Lipinski definition) is 0. The maximum atomic E-state index is 14.3. The van der Waals surface area contributed by atoms with Crippen LogP contribution in [0.25, 0.3) is 5.57 Å². The number of allylic oxidation sites excluding steroid dienone is 3. The quantitative estimate of drug-likeness (QED) is 0.391. The van der Waals surface area contributed by atoms with Crippen molar-refractivity contribution in [3.05, 3.63) is 53.6 Å². The van der Waals surface area contributed by atoms with E-state index < -0.39 is 23.4 Å². The Morgan fingerprint density at radius 1 is 0.962 bits per heavy atom. The van der Waals surface area contributed by atoms with E-state index in [2.05, 4.69) is 6.58 Å². The predicted molar refractivity (Wildman–Crippen MR) is 92.3 cm³/mol. The molecule has 0 saturated heterocycles. The van der Waals surface area contributed by atoms with Gasteiger partial charge in [-0.1, -0.05) is 12.2 Å². The highest BCUT2D eigenvalue weighted by molar-refractivity contribution is 5.67. The first-order valence-electron chi connectivity index (χ1n) is 9.18. The van der Waals surface area contributed by atoms with Gasteiger partial charge in [0.15, 0.2) is 0 Å². The van der Waals surface area contributed by atoms with Crippen molar-refractivity contribution in [1.82, 2.24) is 0 Å². The zero-order valence-electron chi connectivity index (χ0n) is 14.6. The second-order valence-electron chi connectivity index (χ2n) is 7.46. The van der Waals surface area contributed by atoms with Crippen molar-refractivity contribution in [2.75, 3.05) is 0 Å². The summed E-state index contributed by atoms with van der Waals surface area (Å²) in [6.45, 7) is 3.85. The van der Waals surface area contributed by atoms with Crippen LogP contribution in [0, 0.1) is 29.4 Å². The van der Waals surface area contributed by atoms with Crippen LogP contribution in [-0.2, 0) is 6.18 Å². The summed E-state index contributed by atoms with van der Waals surface area (Å²) in [6, 6.07) is 1.84. The van der Waals surface area contributed by atoms with Crippen LogP contribution in [0.5, 0.6) is 0 Å². The first kappa shape index (κ1) is 19.1. The molecule has 1 unspecified atom stereocenters. The largest absolute Gasteiger partial charge is 0.422 e. The molecule has 0 nitrogen and oxygen atoms in total. The van der Waals surface area contributed by atoms with Gasteiger partial charge in [0.2, 0.25) is 0 Å². The molecule has 2 aliphatic carbocycles. The highest BCUT2D eigenvalue weighted by Crippen LogP contribution is 2.43. The second kappa shape index (κ2) is 7.53. The Morgan fingerprint density at radius 2 is 1.65 bits per heavy atom. The molecule has 0 radical (unpaired) electrons. The van der Waals surface area contributed by atoms with Gasteiger partial charge in [-0.2, -0.15) is 13.2 Å². The standard InChI is InChI=1S/C21H23F5/c1-2-13-3-5-14(6-4-13)15-7-9-16(10-8-15)17-11-12-18(22)19(20(17)23)21(24,25)26/h2,9,11-15H,1,3-8,10H2. The third-order valence-corrected chi connectivity index (χ3v) is 5.99. The summed E-state index contributed by atoms with van der Waals surface area (Å²) in [5.41, 5.74) is -1.35. The molecule has 0 aliphatic heterocycles. The lowest BCUT2D eigenvalue weighted by molar-refractivity contribution is -0.142. The monoisotopic (exact) mass is 370 g/mol. The third-order valence-electron chi connectivity index (χ3n) is 5.99. The number of alkyl halides is 3. The van der Waals surface area contributed by atoms with Crippen LogP contribution < -0.4 is 0 Å². The highest BCUT2D eigenvalue weighted by atomic mass is 19.4. The molecule has 26 heavy (non-hydrogen) atoms. The summed E-state index contributed by atoms with van der Waals surface area (Å²) in [5.74, 6) is -1.35. The molecule has 1 aromatic carbocycles. The Bertz CT molecular complexity index is 693. The van der Waals surface area contributed by atoms with Gasteiger partial charge in [-0.25, -0.2) is 8.78 Å². The van der Waals surface area contributed by atoms with E-state index in [0.29, 0.717) is 35.8 Å². The number of halogens is 5. The fourth-order valence-corrected chi connectivity index (χ4v) is 4.44. The Kier molecular flexibility index (Phi) is 5.54. The molecule has 1 fully saturated rings. The molecule has 142 valence electrons. The van der Waals surface area contributed by atoms with Gasteiger partial charge in [-0.15, -0.1) is 6.58 Å². The maximum Gasteiger partial charge on any atom is 0.422 e. The minimum Gasteiger partial charge on any atom is -0.206 e. The van der Waals surface area contributed by atoms with Crippen LogP contribution in [0.2, 0.25) is 0 Å². The van der Waals surface area contributed by atoms with Crippen LogP contribution in [-0.4, -0.2) is 0 Å². The molecular weight excluding hydrogens is 347 g/mol. The Labute approximate surface area is 150 Å². The third kappa shape index (κ3) is 3.86. The zero-order valence-corrected chi connectivity index (χ0v) is 14.6. The summed E-state index contributed by atoms with van der Waals surface area (Å²) < 4.78 is 66.6. The minimum absolute atomic E-state index is 0.118. The van der Waals surface area contributed by atoms with Crippen molar-refractivity contribution >= 4 is 5.57 Å². The van der Waals surface area contributed by atoms with E-state index in [9.17, 15) is 22.0 Å². The fourth-order valence-electron chi connectivity index (χ4n) is 4.44. The molecule has 1 aromatic rings. The van der Waals surface area contributed by atoms with Crippen molar-refractivity contribution < 1.29 is 22.0 Å². The van der Waals surface area contributed by atoms with E-state index >= 15 is 0 Å². The minimum atomic E-state index is -5.04. The smallest absolute Gasteiger partial charge is 0.206 e. The normalized spacial score (nSPS) is 27.1. The number of hydrogen-bond donors (Lipinski definition) is 0. The van der Waals surface area contributed by atoms with E-state index in [0.717, 1.165) is 44.6 Å². The second-order valence-corrected chi connectivity index (χ2v) is 7.46. The van der Waals surface area contributed by atoms with Crippen LogP contribution in [0.1, 0.15) is 56.1 Å². The van der Waals surface area contributed by atoms with Crippen molar-refractivity contribution in [2.45, 2.75) is 51.1 Å². The summed E-state index contributed by atoms with van der Waals surface area (Å²) >= 11 is 0. The first-order chi connectivity index (χ1) is 12.3. The average molecular weight is 370 g/mol. The van der Waals surface area contributed by atoms with Crippen molar-refractivity contribution in [1.29, 1.82) is 0 Å². The lowest BCUT2D eigenvalue weighted by Crippen LogP contribution is -2.22. The maximum absolute atomic E-state index is 14.3. The van der Waals surface area contributed by atoms with E-state index in [1.165, 1.54) is 0 Å². The van der Waals surface area contributed by atoms with Crippen molar-refractivity contribution in [2.24, 2.45) is 17.8 Å². The summed E-state index contributed by atoms with van der Waals surface area (Å²) in [7, 11) is 0. The lowest BCUT2D eigenvalue weighted by Gasteiger charge is -2.34. The van der Waals surface area contributed by atoms with E-state index in [4.69, 9.17) is 0 Å². The average Bonchev–Trinajstić information content (AvgIpc) is 2.61. The summed E-state index contributed by atoms with van der Waals surface area (Å²) in [5, 5.41) is 0. The van der Waals surface area contributed by atoms with Crippen LogP contribution in [0.3, 0.4) is 0 Å². The van der Waals surface area contributed by atoms with Crippen molar-refractivity contribution in [3.63, 3.8) is 0 Å². The van der Waals surface area contributed by atoms with Crippen LogP contribution >= 0.6 is 0 Å². The van der Waals surface area contributed by atoms with Gasteiger partial charge in [0.25, 0.3) is 0 Å². The molecule has 0 N–H and O–H groups in total. The fraction of sp³-hybridized carbons (Fsp3) is 0.524. The molecular formula is C21H23F5. The van der Waals surface area contributed by atoms with Gasteiger partial charge in [0, 0.05) is 5.56 Å². The highest BCUT2D eigenvalue weighted by Gasteiger charge is 2.39. The van der Waals surface area contributed by atoms with Gasteiger partial charge in [0.1, 0.15) is 17.2 Å². The summed E-state index contributed by atoms with van der Waals surface area (Å²) in [4.78, 5) is 0. The van der Waals surface area contributed by atoms with Crippen LogP contribution in [0.15, 0.2) is 30.9 Å². The van der Waals surface area contributed by atoms with E-state index in [1.54, 1.807) is 0 Å². The van der Waals surface area contributed by atoms with Gasteiger partial charge in [-0.3, -0.25) is 0 Å². The topological polar surface area (TPSA) is 0 Å². The van der Waals surface area contributed by atoms with Gasteiger partial charge < -0.3 is 0 Å². The SMILES string of the molecule is C=CC1CCC(C2CC=C(c3ccc(F)c(C(F)(F)F)c3F)CC2)CC1.